The van der Waals surface area contributed by atoms with Gasteiger partial charge in [-0.2, -0.15) is 0 Å². The molecule has 1 fully saturated rings. The number of anilines is 1. The number of hydrogen-bond acceptors (Lipinski definition) is 5. The number of rotatable bonds is 4. The van der Waals surface area contributed by atoms with Gasteiger partial charge in [-0.05, 0) is 12.8 Å². The van der Waals surface area contributed by atoms with Crippen molar-refractivity contribution in [2.24, 2.45) is 7.05 Å². The number of hydrogen-bond donors (Lipinski definition) is 2. The topological polar surface area (TPSA) is 85.8 Å². The van der Waals surface area contributed by atoms with Crippen LogP contribution in [0.2, 0.25) is 0 Å². The lowest BCUT2D eigenvalue weighted by Crippen LogP contribution is -2.33. The number of carbonyl (C=O) groups is 1. The van der Waals surface area contributed by atoms with Crippen LogP contribution < -0.4 is 11.1 Å². The third kappa shape index (κ3) is 3.12. The van der Waals surface area contributed by atoms with Gasteiger partial charge in [0.15, 0.2) is 5.16 Å². The second-order valence-electron chi connectivity index (χ2n) is 4.24. The molecule has 17 heavy (non-hydrogen) atoms. The third-order valence-corrected chi connectivity index (χ3v) is 3.94. The van der Waals surface area contributed by atoms with E-state index in [2.05, 4.69) is 15.5 Å². The second-order valence-corrected chi connectivity index (χ2v) is 5.18. The van der Waals surface area contributed by atoms with Gasteiger partial charge in [-0.3, -0.25) is 9.36 Å². The first kappa shape index (κ1) is 12.2. The minimum atomic E-state index is 0.0588. The molecule has 1 aliphatic rings. The molecule has 0 aromatic carbocycles. The number of amides is 1. The molecule has 0 atom stereocenters. The van der Waals surface area contributed by atoms with E-state index in [4.69, 9.17) is 5.73 Å². The molecule has 0 unspecified atom stereocenters. The van der Waals surface area contributed by atoms with Crippen molar-refractivity contribution in [1.29, 1.82) is 0 Å². The van der Waals surface area contributed by atoms with E-state index in [1.807, 2.05) is 0 Å². The molecular formula is C10H17N5OS. The molecule has 1 amide bonds. The Morgan fingerprint density at radius 3 is 2.82 bits per heavy atom. The second kappa shape index (κ2) is 5.39. The minimum absolute atomic E-state index is 0.0588. The molecule has 6 nitrogen and oxygen atoms in total. The lowest BCUT2D eigenvalue weighted by molar-refractivity contribution is -0.119. The van der Waals surface area contributed by atoms with E-state index in [9.17, 15) is 4.79 Å². The Morgan fingerprint density at radius 2 is 2.24 bits per heavy atom. The van der Waals surface area contributed by atoms with Gasteiger partial charge >= 0.3 is 0 Å². The van der Waals surface area contributed by atoms with Gasteiger partial charge in [0.2, 0.25) is 11.9 Å². The molecule has 1 saturated carbocycles. The average molecular weight is 255 g/mol. The maximum absolute atomic E-state index is 11.7. The number of nitrogens with one attached hydrogen (secondary N) is 1. The molecule has 0 bridgehead atoms. The van der Waals surface area contributed by atoms with E-state index in [0.717, 1.165) is 12.8 Å². The molecule has 1 heterocycles. The van der Waals surface area contributed by atoms with Crippen molar-refractivity contribution >= 4 is 23.6 Å². The summed E-state index contributed by atoms with van der Waals surface area (Å²) in [6.45, 7) is 0. The fourth-order valence-corrected chi connectivity index (χ4v) is 2.65. The van der Waals surface area contributed by atoms with Gasteiger partial charge in [0.1, 0.15) is 0 Å². The first-order valence-corrected chi connectivity index (χ1v) is 6.72. The summed E-state index contributed by atoms with van der Waals surface area (Å²) in [5.74, 6) is 0.787. The third-order valence-electron chi connectivity index (χ3n) is 2.92. The largest absolute Gasteiger partial charge is 0.368 e. The minimum Gasteiger partial charge on any atom is -0.368 e. The van der Waals surface area contributed by atoms with E-state index in [0.29, 0.717) is 22.9 Å². The Morgan fingerprint density at radius 1 is 1.53 bits per heavy atom. The smallest absolute Gasteiger partial charge is 0.230 e. The van der Waals surface area contributed by atoms with Crippen LogP contribution in [-0.2, 0) is 11.8 Å². The fourth-order valence-electron chi connectivity index (χ4n) is 1.92. The van der Waals surface area contributed by atoms with Gasteiger partial charge in [-0.1, -0.05) is 24.6 Å². The van der Waals surface area contributed by atoms with Gasteiger partial charge in [0.25, 0.3) is 0 Å². The SMILES string of the molecule is Cn1c(N)nnc1SCC(=O)NC1CCCC1. The molecule has 0 aliphatic heterocycles. The quantitative estimate of drug-likeness (QED) is 0.767. The highest BCUT2D eigenvalue weighted by Crippen LogP contribution is 2.19. The summed E-state index contributed by atoms with van der Waals surface area (Å²) in [7, 11) is 1.78. The Bertz CT molecular complexity index is 399. The Balaban J connectivity index is 1.77. The highest BCUT2D eigenvalue weighted by atomic mass is 32.2. The van der Waals surface area contributed by atoms with Crippen LogP contribution in [0, 0.1) is 0 Å². The lowest BCUT2D eigenvalue weighted by Gasteiger charge is -2.11. The number of nitrogens with two attached hydrogens (primary N) is 1. The number of carbonyl (C=O) groups excluding carboxylic acids is 1. The Labute approximate surface area is 104 Å². The maximum atomic E-state index is 11.7. The van der Waals surface area contributed by atoms with E-state index >= 15 is 0 Å². The predicted molar refractivity (Wildman–Crippen MR) is 66.5 cm³/mol. The van der Waals surface area contributed by atoms with E-state index in [1.54, 1.807) is 11.6 Å². The molecule has 1 aromatic rings. The van der Waals surface area contributed by atoms with Gasteiger partial charge in [0.05, 0.1) is 5.75 Å². The van der Waals surface area contributed by atoms with Crippen LogP contribution >= 0.6 is 11.8 Å². The summed E-state index contributed by atoms with van der Waals surface area (Å²) >= 11 is 1.36. The zero-order valence-electron chi connectivity index (χ0n) is 9.85. The van der Waals surface area contributed by atoms with Gasteiger partial charge in [0, 0.05) is 13.1 Å². The first-order valence-electron chi connectivity index (χ1n) is 5.74. The highest BCUT2D eigenvalue weighted by Gasteiger charge is 2.17. The average Bonchev–Trinajstić information content (AvgIpc) is 2.90. The van der Waals surface area contributed by atoms with Gasteiger partial charge in [-0.15, -0.1) is 10.2 Å². The van der Waals surface area contributed by atoms with Crippen LogP contribution in [0.4, 0.5) is 5.95 Å². The molecule has 0 radical (unpaired) electrons. The van der Waals surface area contributed by atoms with E-state index in [-0.39, 0.29) is 5.91 Å². The maximum Gasteiger partial charge on any atom is 0.230 e. The number of nitrogens with zero attached hydrogens (tertiary/aromatic N) is 3. The molecule has 1 aliphatic carbocycles. The molecule has 0 spiro atoms. The number of aromatic nitrogens is 3. The molecule has 1 aromatic heterocycles. The van der Waals surface area contributed by atoms with Crippen molar-refractivity contribution in [2.45, 2.75) is 36.9 Å². The van der Waals surface area contributed by atoms with Crippen molar-refractivity contribution in [1.82, 2.24) is 20.1 Å². The van der Waals surface area contributed by atoms with Crippen molar-refractivity contribution in [2.75, 3.05) is 11.5 Å². The Hall–Kier alpha value is -1.24. The summed E-state index contributed by atoms with van der Waals surface area (Å²) in [6.07, 6.45) is 4.65. The predicted octanol–water partition coefficient (Wildman–Crippen LogP) is 0.548. The normalized spacial score (nSPS) is 16.3. The number of thioether (sulfide) groups is 1. The van der Waals surface area contributed by atoms with Crippen LogP contribution in [0.5, 0.6) is 0 Å². The Kier molecular flexibility index (Phi) is 3.88. The summed E-state index contributed by atoms with van der Waals surface area (Å²) in [5, 5.41) is 11.3. The van der Waals surface area contributed by atoms with Crippen LogP contribution in [0.25, 0.3) is 0 Å². The van der Waals surface area contributed by atoms with E-state index in [1.165, 1.54) is 24.6 Å². The van der Waals surface area contributed by atoms with Crippen LogP contribution in [0.3, 0.4) is 0 Å². The van der Waals surface area contributed by atoms with Crippen molar-refractivity contribution in [3.8, 4) is 0 Å². The summed E-state index contributed by atoms with van der Waals surface area (Å²) in [5.41, 5.74) is 5.55. The lowest BCUT2D eigenvalue weighted by atomic mass is 10.2. The summed E-state index contributed by atoms with van der Waals surface area (Å²) in [4.78, 5) is 11.7. The molecule has 3 N–H and O–H groups in total. The summed E-state index contributed by atoms with van der Waals surface area (Å²) in [6, 6.07) is 0.368. The van der Waals surface area contributed by atoms with Crippen LogP contribution in [0.15, 0.2) is 5.16 Å². The standard InChI is InChI=1S/C10H17N5OS/c1-15-9(11)13-14-10(15)17-6-8(16)12-7-4-2-3-5-7/h7H,2-6H2,1H3,(H2,11,13)(H,12,16). The van der Waals surface area contributed by atoms with Gasteiger partial charge in [-0.25, -0.2) is 0 Å². The van der Waals surface area contributed by atoms with Gasteiger partial charge < -0.3 is 11.1 Å². The highest BCUT2D eigenvalue weighted by molar-refractivity contribution is 7.99. The monoisotopic (exact) mass is 255 g/mol. The fraction of sp³-hybridized carbons (Fsp3) is 0.700. The summed E-state index contributed by atoms with van der Waals surface area (Å²) < 4.78 is 1.67. The molecular weight excluding hydrogens is 238 g/mol. The van der Waals surface area contributed by atoms with Crippen molar-refractivity contribution in [3.63, 3.8) is 0 Å². The van der Waals surface area contributed by atoms with Crippen LogP contribution in [0.1, 0.15) is 25.7 Å². The van der Waals surface area contributed by atoms with Crippen molar-refractivity contribution in [3.05, 3.63) is 0 Å². The van der Waals surface area contributed by atoms with Crippen LogP contribution in [-0.4, -0.2) is 32.5 Å². The van der Waals surface area contributed by atoms with E-state index < -0.39 is 0 Å². The first-order chi connectivity index (χ1) is 8.16. The zero-order chi connectivity index (χ0) is 12.3. The molecule has 0 saturated heterocycles. The molecule has 7 heteroatoms. The number of nitrogen functional groups attached to an aromatic ring is 1. The zero-order valence-corrected chi connectivity index (χ0v) is 10.7. The van der Waals surface area contributed by atoms with Crippen molar-refractivity contribution < 1.29 is 4.79 Å². The molecule has 2 rings (SSSR count). The molecule has 94 valence electrons.